The van der Waals surface area contributed by atoms with Gasteiger partial charge in [0, 0.05) is 76.9 Å². The third-order valence-electron chi connectivity index (χ3n) is 7.03. The number of thiazole rings is 1. The molecular weight excluding hydrogens is 472 g/mol. The number of rotatable bonds is 7. The van der Waals surface area contributed by atoms with Gasteiger partial charge in [0.25, 0.3) is 0 Å². The van der Waals surface area contributed by atoms with Crippen LogP contribution >= 0.6 is 11.3 Å². The maximum Gasteiger partial charge on any atom is 0.126 e. The summed E-state index contributed by atoms with van der Waals surface area (Å²) in [4.78, 5) is 11.1. The van der Waals surface area contributed by atoms with Gasteiger partial charge in [-0.25, -0.2) is 4.98 Å². The van der Waals surface area contributed by atoms with Crippen LogP contribution in [-0.2, 0) is 11.3 Å². The van der Waals surface area contributed by atoms with Gasteiger partial charge in [-0.2, -0.15) is 0 Å². The topological polar surface area (TPSA) is 64.5 Å². The largest absolute Gasteiger partial charge is 0.497 e. The summed E-state index contributed by atoms with van der Waals surface area (Å²) in [5.41, 5.74) is 6.62. The summed E-state index contributed by atoms with van der Waals surface area (Å²) in [5, 5.41) is 5.49. The van der Waals surface area contributed by atoms with Gasteiger partial charge in [0.05, 0.1) is 38.6 Å². The number of hydrogen-bond donors (Lipinski definition) is 1. The quantitative estimate of drug-likeness (QED) is 0.315. The van der Waals surface area contributed by atoms with Gasteiger partial charge in [-0.1, -0.05) is 0 Å². The molecule has 1 aliphatic heterocycles. The first kappa shape index (κ1) is 23.1. The molecule has 5 aromatic rings. The molecule has 3 aromatic heterocycles. The van der Waals surface area contributed by atoms with Gasteiger partial charge in [0.15, 0.2) is 0 Å². The minimum absolute atomic E-state index is 0.812. The van der Waals surface area contributed by atoms with Crippen LogP contribution < -0.4 is 9.47 Å². The molecule has 2 aromatic carbocycles. The molecule has 0 unspecified atom stereocenters. The van der Waals surface area contributed by atoms with E-state index in [4.69, 9.17) is 19.2 Å². The van der Waals surface area contributed by atoms with E-state index in [1.807, 2.05) is 12.1 Å². The molecule has 36 heavy (non-hydrogen) atoms. The van der Waals surface area contributed by atoms with E-state index in [1.54, 1.807) is 25.6 Å². The Morgan fingerprint density at radius 1 is 1.00 bits per heavy atom. The normalized spacial score (nSPS) is 14.6. The molecule has 186 valence electrons. The third kappa shape index (κ3) is 4.15. The summed E-state index contributed by atoms with van der Waals surface area (Å²) in [6.07, 6.45) is 2.25. The van der Waals surface area contributed by atoms with Gasteiger partial charge >= 0.3 is 0 Å². The predicted octanol–water partition coefficient (Wildman–Crippen LogP) is 5.57. The summed E-state index contributed by atoms with van der Waals surface area (Å²) >= 11 is 1.68. The van der Waals surface area contributed by atoms with E-state index in [0.29, 0.717) is 0 Å². The van der Waals surface area contributed by atoms with Crippen molar-refractivity contribution in [2.24, 2.45) is 0 Å². The second-order valence-electron chi connectivity index (χ2n) is 9.15. The highest BCUT2D eigenvalue weighted by atomic mass is 32.1. The van der Waals surface area contributed by atoms with Crippen molar-refractivity contribution in [2.45, 2.75) is 13.5 Å². The van der Waals surface area contributed by atoms with Gasteiger partial charge in [0.2, 0.25) is 0 Å². The van der Waals surface area contributed by atoms with Crippen molar-refractivity contribution in [3.8, 4) is 33.3 Å². The predicted molar refractivity (Wildman–Crippen MR) is 145 cm³/mol. The Morgan fingerprint density at radius 3 is 2.58 bits per heavy atom. The number of methoxy groups -OCH3 is 2. The molecule has 0 atom stereocenters. The fourth-order valence-corrected chi connectivity index (χ4v) is 5.94. The molecule has 4 heterocycles. The highest BCUT2D eigenvalue weighted by molar-refractivity contribution is 7.13. The first-order valence-electron chi connectivity index (χ1n) is 12.2. The SMILES string of the molecule is COc1ccc2[nH]c(C)c(-c3csc(-c4cn(CCN5CCOCC5)c5cc(OC)ccc45)n3)c2c1. The van der Waals surface area contributed by atoms with Crippen LogP contribution in [0, 0.1) is 6.92 Å². The number of nitrogens with zero attached hydrogens (tertiary/aromatic N) is 3. The molecule has 8 heteroatoms. The zero-order valence-corrected chi connectivity index (χ0v) is 21.7. The Balaban J connectivity index is 1.39. The number of morpholine rings is 1. The average Bonchev–Trinajstić information content (AvgIpc) is 3.61. The lowest BCUT2D eigenvalue weighted by atomic mass is 10.1. The Morgan fingerprint density at radius 2 is 1.78 bits per heavy atom. The van der Waals surface area contributed by atoms with Crippen LogP contribution in [-0.4, -0.2) is 66.5 Å². The maximum atomic E-state index is 5.55. The molecule has 1 N–H and O–H groups in total. The van der Waals surface area contributed by atoms with E-state index in [-0.39, 0.29) is 0 Å². The molecule has 7 nitrogen and oxygen atoms in total. The van der Waals surface area contributed by atoms with Gasteiger partial charge in [-0.3, -0.25) is 4.90 Å². The summed E-state index contributed by atoms with van der Waals surface area (Å²) in [7, 11) is 3.42. The van der Waals surface area contributed by atoms with Crippen LogP contribution in [0.15, 0.2) is 48.0 Å². The van der Waals surface area contributed by atoms with E-state index in [1.165, 1.54) is 10.9 Å². The molecule has 0 radical (unpaired) electrons. The third-order valence-corrected chi connectivity index (χ3v) is 7.91. The van der Waals surface area contributed by atoms with Crippen molar-refractivity contribution in [1.82, 2.24) is 19.4 Å². The zero-order chi connectivity index (χ0) is 24.6. The van der Waals surface area contributed by atoms with E-state index < -0.39 is 0 Å². The molecule has 0 aliphatic carbocycles. The highest BCUT2D eigenvalue weighted by Gasteiger charge is 2.19. The van der Waals surface area contributed by atoms with Crippen LogP contribution in [0.3, 0.4) is 0 Å². The lowest BCUT2D eigenvalue weighted by Crippen LogP contribution is -2.38. The van der Waals surface area contributed by atoms with Gasteiger partial charge < -0.3 is 23.8 Å². The monoisotopic (exact) mass is 502 g/mol. The van der Waals surface area contributed by atoms with Crippen LogP contribution in [0.5, 0.6) is 11.5 Å². The Bertz CT molecular complexity index is 1530. The van der Waals surface area contributed by atoms with Crippen molar-refractivity contribution in [3.05, 3.63) is 53.7 Å². The highest BCUT2D eigenvalue weighted by Crippen LogP contribution is 2.39. The van der Waals surface area contributed by atoms with Gasteiger partial charge in [0.1, 0.15) is 16.5 Å². The number of aryl methyl sites for hydroxylation is 1. The maximum absolute atomic E-state index is 5.55. The minimum atomic E-state index is 0.812. The number of ether oxygens (including phenoxy) is 3. The molecule has 1 aliphatic rings. The number of nitrogens with one attached hydrogen (secondary N) is 1. The second kappa shape index (κ2) is 9.61. The minimum Gasteiger partial charge on any atom is -0.497 e. The van der Waals surface area contributed by atoms with E-state index >= 15 is 0 Å². The number of hydrogen-bond acceptors (Lipinski definition) is 6. The van der Waals surface area contributed by atoms with Gasteiger partial charge in [-0.15, -0.1) is 11.3 Å². The summed E-state index contributed by atoms with van der Waals surface area (Å²) in [6, 6.07) is 12.4. The first-order chi connectivity index (χ1) is 17.6. The smallest absolute Gasteiger partial charge is 0.126 e. The Labute approximate surface area is 214 Å². The van der Waals surface area contributed by atoms with Crippen LogP contribution in [0.25, 0.3) is 43.6 Å². The molecule has 0 saturated carbocycles. The van der Waals surface area contributed by atoms with Crippen LogP contribution in [0.4, 0.5) is 0 Å². The molecule has 0 bridgehead atoms. The van der Waals surface area contributed by atoms with Crippen molar-refractivity contribution < 1.29 is 14.2 Å². The standard InChI is InChI=1S/C28H30N4O3S/c1-18-27(22-14-19(33-2)5-7-24(22)29-18)25-17-36-28(30-25)23-16-32(9-8-31-10-12-35-13-11-31)26-15-20(34-3)4-6-21(23)26/h4-7,14-17,29H,8-13H2,1-3H3. The molecule has 0 amide bonds. The Kier molecular flexibility index (Phi) is 6.17. The van der Waals surface area contributed by atoms with Crippen molar-refractivity contribution in [2.75, 3.05) is 47.1 Å². The summed E-state index contributed by atoms with van der Waals surface area (Å²) in [6.45, 7) is 7.59. The molecule has 1 fully saturated rings. The van der Waals surface area contributed by atoms with Crippen molar-refractivity contribution in [3.63, 3.8) is 0 Å². The number of benzene rings is 2. The first-order valence-corrected chi connectivity index (χ1v) is 13.1. The number of H-pyrrole nitrogens is 1. The number of aromatic nitrogens is 3. The average molecular weight is 503 g/mol. The van der Waals surface area contributed by atoms with Crippen molar-refractivity contribution in [1.29, 1.82) is 0 Å². The number of fused-ring (bicyclic) bond motifs is 2. The second-order valence-corrected chi connectivity index (χ2v) is 10.0. The van der Waals surface area contributed by atoms with Crippen LogP contribution in [0.2, 0.25) is 0 Å². The van der Waals surface area contributed by atoms with E-state index in [0.717, 1.165) is 89.3 Å². The molecule has 1 saturated heterocycles. The Hall–Kier alpha value is -3.33. The molecular formula is C28H30N4O3S. The fourth-order valence-electron chi connectivity index (χ4n) is 5.10. The molecule has 6 rings (SSSR count). The summed E-state index contributed by atoms with van der Waals surface area (Å²) < 4.78 is 18.9. The van der Waals surface area contributed by atoms with Crippen LogP contribution in [0.1, 0.15) is 5.69 Å². The fraction of sp³-hybridized carbons (Fsp3) is 0.321. The van der Waals surface area contributed by atoms with Gasteiger partial charge in [-0.05, 0) is 37.3 Å². The van der Waals surface area contributed by atoms with Crippen molar-refractivity contribution >= 4 is 33.1 Å². The number of aromatic amines is 1. The van der Waals surface area contributed by atoms with E-state index in [2.05, 4.69) is 57.2 Å². The summed E-state index contributed by atoms with van der Waals surface area (Å²) in [5.74, 6) is 1.71. The lowest BCUT2D eigenvalue weighted by Gasteiger charge is -2.26. The van der Waals surface area contributed by atoms with E-state index in [9.17, 15) is 0 Å². The molecule has 0 spiro atoms. The lowest BCUT2D eigenvalue weighted by molar-refractivity contribution is 0.0365. The zero-order valence-electron chi connectivity index (χ0n) is 20.8.